The van der Waals surface area contributed by atoms with Crippen molar-refractivity contribution in [1.82, 2.24) is 5.32 Å². The summed E-state index contributed by atoms with van der Waals surface area (Å²) in [6.45, 7) is 3.42. The molecule has 15 heavy (non-hydrogen) atoms. The Morgan fingerprint density at radius 3 is 2.67 bits per heavy atom. The van der Waals surface area contributed by atoms with Crippen molar-refractivity contribution >= 4 is 0 Å². The molecule has 1 heterocycles. The monoisotopic (exact) mass is 205 g/mol. The van der Waals surface area contributed by atoms with E-state index in [9.17, 15) is 0 Å². The molecule has 0 saturated carbocycles. The van der Waals surface area contributed by atoms with E-state index in [1.807, 2.05) is 12.1 Å². The predicted octanol–water partition coefficient (Wildman–Crippen LogP) is 2.76. The molecule has 1 aromatic carbocycles. The number of hydrogen-bond acceptors (Lipinski definition) is 2. The number of benzene rings is 1. The molecule has 1 N–H and O–H groups in total. The zero-order chi connectivity index (χ0) is 10.7. The molecule has 0 aliphatic carbocycles. The van der Waals surface area contributed by atoms with Crippen molar-refractivity contribution < 1.29 is 4.74 Å². The minimum Gasteiger partial charge on any atom is -0.497 e. The Bertz CT molecular complexity index is 307. The van der Waals surface area contributed by atoms with E-state index in [2.05, 4.69) is 24.4 Å². The summed E-state index contributed by atoms with van der Waals surface area (Å²) in [4.78, 5) is 0. The molecule has 0 unspecified atom stereocenters. The predicted molar refractivity (Wildman–Crippen MR) is 62.1 cm³/mol. The van der Waals surface area contributed by atoms with Crippen molar-refractivity contribution in [1.29, 1.82) is 0 Å². The van der Waals surface area contributed by atoms with E-state index in [-0.39, 0.29) is 0 Å². The highest BCUT2D eigenvalue weighted by Gasteiger charge is 2.26. The smallest absolute Gasteiger partial charge is 0.118 e. The zero-order valence-electron chi connectivity index (χ0n) is 9.49. The lowest BCUT2D eigenvalue weighted by molar-refractivity contribution is 0.413. The van der Waals surface area contributed by atoms with Gasteiger partial charge >= 0.3 is 0 Å². The molecule has 2 heteroatoms. The van der Waals surface area contributed by atoms with Crippen LogP contribution in [-0.2, 0) is 0 Å². The molecule has 2 atom stereocenters. The highest BCUT2D eigenvalue weighted by atomic mass is 16.5. The van der Waals surface area contributed by atoms with Gasteiger partial charge in [-0.25, -0.2) is 0 Å². The first-order valence-corrected chi connectivity index (χ1v) is 5.72. The first-order chi connectivity index (χ1) is 7.35. The van der Waals surface area contributed by atoms with Gasteiger partial charge in [0.1, 0.15) is 5.75 Å². The molecule has 0 aromatic heterocycles. The van der Waals surface area contributed by atoms with Gasteiger partial charge in [-0.3, -0.25) is 0 Å². The normalized spacial score (nSPS) is 25.5. The van der Waals surface area contributed by atoms with Crippen LogP contribution in [0.25, 0.3) is 0 Å². The topological polar surface area (TPSA) is 21.3 Å². The highest BCUT2D eigenvalue weighted by molar-refractivity contribution is 5.29. The summed E-state index contributed by atoms with van der Waals surface area (Å²) < 4.78 is 5.16. The molecular formula is C13H19NO. The Balaban J connectivity index is 2.14. The molecule has 0 spiro atoms. The number of nitrogens with one attached hydrogen (secondary N) is 1. The molecule has 1 fully saturated rings. The highest BCUT2D eigenvalue weighted by Crippen LogP contribution is 2.32. The van der Waals surface area contributed by atoms with Crippen molar-refractivity contribution in [3.63, 3.8) is 0 Å². The molecule has 2 rings (SSSR count). The second kappa shape index (κ2) is 4.67. The lowest BCUT2D eigenvalue weighted by Crippen LogP contribution is -2.17. The third-order valence-corrected chi connectivity index (χ3v) is 3.35. The van der Waals surface area contributed by atoms with E-state index in [4.69, 9.17) is 4.74 Å². The van der Waals surface area contributed by atoms with E-state index in [0.29, 0.717) is 6.04 Å². The van der Waals surface area contributed by atoms with Gasteiger partial charge in [0, 0.05) is 6.04 Å². The minimum absolute atomic E-state index is 0.543. The van der Waals surface area contributed by atoms with Crippen LogP contribution in [0, 0.1) is 5.92 Å². The molecule has 1 aliphatic rings. The first kappa shape index (κ1) is 10.5. The van der Waals surface area contributed by atoms with Crippen LogP contribution in [0.1, 0.15) is 31.4 Å². The lowest BCUT2D eigenvalue weighted by atomic mass is 9.92. The summed E-state index contributed by atoms with van der Waals surface area (Å²) in [5.74, 6) is 1.73. The van der Waals surface area contributed by atoms with Crippen LogP contribution in [0.4, 0.5) is 0 Å². The molecule has 0 bridgehead atoms. The summed E-state index contributed by atoms with van der Waals surface area (Å²) in [6, 6.07) is 8.97. The summed E-state index contributed by atoms with van der Waals surface area (Å²) >= 11 is 0. The van der Waals surface area contributed by atoms with E-state index in [1.54, 1.807) is 7.11 Å². The Kier molecular flexibility index (Phi) is 3.27. The number of ether oxygens (including phenoxy) is 1. The van der Waals surface area contributed by atoms with Gasteiger partial charge in [-0.15, -0.1) is 0 Å². The van der Waals surface area contributed by atoms with Crippen LogP contribution in [0.5, 0.6) is 5.75 Å². The fourth-order valence-corrected chi connectivity index (χ4v) is 2.40. The van der Waals surface area contributed by atoms with Gasteiger partial charge in [0.15, 0.2) is 0 Å². The maximum atomic E-state index is 5.16. The van der Waals surface area contributed by atoms with E-state index < -0.39 is 0 Å². The van der Waals surface area contributed by atoms with Gasteiger partial charge in [0.2, 0.25) is 0 Å². The largest absolute Gasteiger partial charge is 0.497 e. The minimum atomic E-state index is 0.543. The van der Waals surface area contributed by atoms with Gasteiger partial charge in [0.25, 0.3) is 0 Å². The second-order valence-corrected chi connectivity index (χ2v) is 4.16. The molecule has 1 aliphatic heterocycles. The van der Waals surface area contributed by atoms with Crippen LogP contribution in [-0.4, -0.2) is 13.7 Å². The lowest BCUT2D eigenvalue weighted by Gasteiger charge is -2.18. The molecular weight excluding hydrogens is 186 g/mol. The summed E-state index contributed by atoms with van der Waals surface area (Å²) in [5, 5.41) is 3.57. The number of hydrogen-bond donors (Lipinski definition) is 1. The number of rotatable bonds is 3. The molecule has 1 aromatic rings. The van der Waals surface area contributed by atoms with Gasteiger partial charge in [-0.1, -0.05) is 25.5 Å². The second-order valence-electron chi connectivity index (χ2n) is 4.16. The van der Waals surface area contributed by atoms with Gasteiger partial charge in [-0.2, -0.15) is 0 Å². The third-order valence-electron chi connectivity index (χ3n) is 3.35. The maximum absolute atomic E-state index is 5.16. The Morgan fingerprint density at radius 1 is 1.33 bits per heavy atom. The first-order valence-electron chi connectivity index (χ1n) is 5.72. The fourth-order valence-electron chi connectivity index (χ4n) is 2.40. The summed E-state index contributed by atoms with van der Waals surface area (Å²) in [6.07, 6.45) is 2.55. The van der Waals surface area contributed by atoms with Crippen molar-refractivity contribution in [3.8, 4) is 5.75 Å². The molecule has 1 saturated heterocycles. The van der Waals surface area contributed by atoms with Crippen molar-refractivity contribution in [2.24, 2.45) is 5.92 Å². The standard InChI is InChI=1S/C13H19NO/c1-3-10-8-9-14-13(10)11-4-6-12(15-2)7-5-11/h4-7,10,13-14H,3,8-9H2,1-2H3/t10-,13+/m0/s1. The van der Waals surface area contributed by atoms with Crippen LogP contribution in [0.15, 0.2) is 24.3 Å². The molecule has 82 valence electrons. The van der Waals surface area contributed by atoms with Crippen LogP contribution in [0.3, 0.4) is 0 Å². The average Bonchev–Trinajstić information content (AvgIpc) is 2.77. The van der Waals surface area contributed by atoms with Crippen molar-refractivity contribution in [3.05, 3.63) is 29.8 Å². The van der Waals surface area contributed by atoms with Gasteiger partial charge < -0.3 is 10.1 Å². The molecule has 2 nitrogen and oxygen atoms in total. The van der Waals surface area contributed by atoms with Crippen molar-refractivity contribution in [2.45, 2.75) is 25.8 Å². The van der Waals surface area contributed by atoms with Gasteiger partial charge in [0.05, 0.1) is 7.11 Å². The van der Waals surface area contributed by atoms with Crippen LogP contribution < -0.4 is 10.1 Å². The van der Waals surface area contributed by atoms with E-state index in [0.717, 1.165) is 18.2 Å². The Labute approximate surface area is 91.6 Å². The van der Waals surface area contributed by atoms with Crippen LogP contribution in [0.2, 0.25) is 0 Å². The Morgan fingerprint density at radius 2 is 2.07 bits per heavy atom. The molecule has 0 amide bonds. The Hall–Kier alpha value is -1.02. The maximum Gasteiger partial charge on any atom is 0.118 e. The average molecular weight is 205 g/mol. The van der Waals surface area contributed by atoms with Gasteiger partial charge in [-0.05, 0) is 36.6 Å². The SMILES string of the molecule is CC[C@H]1CCN[C@H]1c1ccc(OC)cc1. The third kappa shape index (κ3) is 2.15. The van der Waals surface area contributed by atoms with Crippen LogP contribution >= 0.6 is 0 Å². The quantitative estimate of drug-likeness (QED) is 0.819. The summed E-state index contributed by atoms with van der Waals surface area (Å²) in [7, 11) is 1.71. The molecule has 0 radical (unpaired) electrons. The zero-order valence-corrected chi connectivity index (χ0v) is 9.49. The van der Waals surface area contributed by atoms with E-state index >= 15 is 0 Å². The summed E-state index contributed by atoms with van der Waals surface area (Å²) in [5.41, 5.74) is 1.39. The van der Waals surface area contributed by atoms with Crippen molar-refractivity contribution in [2.75, 3.05) is 13.7 Å². The fraction of sp³-hybridized carbons (Fsp3) is 0.538. The number of methoxy groups -OCH3 is 1. The van der Waals surface area contributed by atoms with E-state index in [1.165, 1.54) is 18.4 Å².